The summed E-state index contributed by atoms with van der Waals surface area (Å²) in [6.45, 7) is 6.88. The molecule has 0 saturated carbocycles. The highest BCUT2D eigenvalue weighted by atomic mass is 127. The number of hydrogen-bond acceptors (Lipinski definition) is 1. The fraction of sp³-hybridized carbons (Fsp3) is 0.478. The summed E-state index contributed by atoms with van der Waals surface area (Å²) >= 11 is 0. The molecule has 3 rings (SSSR count). The van der Waals surface area contributed by atoms with Crippen LogP contribution in [0.4, 0.5) is 0 Å². The SMILES string of the molecule is C[N+]1(C)CC[N+](C)(CCOc2ccccc2CCc2ccccc2)CC1.[I-].[I-]. The molecule has 2 aromatic rings. The van der Waals surface area contributed by atoms with Gasteiger partial charge in [-0.1, -0.05) is 48.5 Å². The van der Waals surface area contributed by atoms with Gasteiger partial charge in [-0.2, -0.15) is 0 Å². The van der Waals surface area contributed by atoms with Crippen molar-refractivity contribution in [2.75, 3.05) is 60.5 Å². The van der Waals surface area contributed by atoms with E-state index in [-0.39, 0.29) is 48.0 Å². The first-order chi connectivity index (χ1) is 12.5. The number of likely N-dealkylation sites (N-methyl/N-ethyl adjacent to an activating group) is 2. The largest absolute Gasteiger partial charge is 1.00 e. The number of aryl methyl sites for hydroxylation is 2. The zero-order valence-electron chi connectivity index (χ0n) is 17.4. The van der Waals surface area contributed by atoms with Crippen LogP contribution in [0.25, 0.3) is 0 Å². The molecule has 1 aliphatic rings. The van der Waals surface area contributed by atoms with E-state index in [1.54, 1.807) is 0 Å². The lowest BCUT2D eigenvalue weighted by Crippen LogP contribution is -3.00. The van der Waals surface area contributed by atoms with Crippen molar-refractivity contribution in [3.63, 3.8) is 0 Å². The van der Waals surface area contributed by atoms with Crippen LogP contribution < -0.4 is 52.7 Å². The zero-order valence-corrected chi connectivity index (χ0v) is 21.7. The maximum Gasteiger partial charge on any atom is 0.137 e. The van der Waals surface area contributed by atoms with E-state index in [0.717, 1.165) is 40.7 Å². The molecule has 2 aromatic carbocycles. The minimum absolute atomic E-state index is 0. The van der Waals surface area contributed by atoms with E-state index >= 15 is 0 Å². The van der Waals surface area contributed by atoms with Crippen LogP contribution in [-0.4, -0.2) is 69.4 Å². The van der Waals surface area contributed by atoms with Gasteiger partial charge < -0.3 is 61.7 Å². The highest BCUT2D eigenvalue weighted by molar-refractivity contribution is 5.34. The number of halogens is 2. The molecule has 0 atom stereocenters. The lowest BCUT2D eigenvalue weighted by Gasteiger charge is -2.44. The van der Waals surface area contributed by atoms with E-state index in [1.165, 1.54) is 37.3 Å². The lowest BCUT2D eigenvalue weighted by atomic mass is 10.0. The van der Waals surface area contributed by atoms with Crippen LogP contribution in [-0.2, 0) is 12.8 Å². The average molecular weight is 608 g/mol. The number of rotatable bonds is 7. The van der Waals surface area contributed by atoms with Crippen LogP contribution in [0.3, 0.4) is 0 Å². The molecular formula is C23H34I2N2O. The van der Waals surface area contributed by atoms with Gasteiger partial charge in [0, 0.05) is 0 Å². The molecule has 156 valence electrons. The van der Waals surface area contributed by atoms with E-state index in [9.17, 15) is 0 Å². The van der Waals surface area contributed by atoms with Crippen LogP contribution >= 0.6 is 0 Å². The van der Waals surface area contributed by atoms with Gasteiger partial charge in [0.1, 0.15) is 45.1 Å². The Labute approximate surface area is 205 Å². The first-order valence-corrected chi connectivity index (χ1v) is 9.86. The first-order valence-electron chi connectivity index (χ1n) is 9.86. The zero-order chi connectivity index (χ0) is 18.5. The van der Waals surface area contributed by atoms with Gasteiger partial charge in [-0.15, -0.1) is 0 Å². The minimum atomic E-state index is 0. The maximum atomic E-state index is 6.22. The quantitative estimate of drug-likeness (QED) is 0.248. The van der Waals surface area contributed by atoms with Crippen molar-refractivity contribution in [3.05, 3.63) is 65.7 Å². The highest BCUT2D eigenvalue weighted by Crippen LogP contribution is 2.21. The highest BCUT2D eigenvalue weighted by Gasteiger charge is 2.34. The molecule has 0 spiro atoms. The summed E-state index contributed by atoms with van der Waals surface area (Å²) in [5.74, 6) is 1.06. The van der Waals surface area contributed by atoms with Crippen molar-refractivity contribution in [2.45, 2.75) is 12.8 Å². The Balaban J connectivity index is 0.00000196. The smallest absolute Gasteiger partial charge is 0.137 e. The van der Waals surface area contributed by atoms with Gasteiger partial charge in [0.2, 0.25) is 0 Å². The molecule has 3 nitrogen and oxygen atoms in total. The van der Waals surface area contributed by atoms with Gasteiger partial charge in [0.05, 0.1) is 21.1 Å². The molecule has 0 aliphatic carbocycles. The predicted molar refractivity (Wildman–Crippen MR) is 108 cm³/mol. The molecule has 1 heterocycles. The van der Waals surface area contributed by atoms with Crippen LogP contribution in [0.5, 0.6) is 5.75 Å². The molecule has 0 N–H and O–H groups in total. The fourth-order valence-electron chi connectivity index (χ4n) is 3.62. The maximum absolute atomic E-state index is 6.22. The van der Waals surface area contributed by atoms with Gasteiger partial charge in [-0.05, 0) is 30.0 Å². The second-order valence-corrected chi connectivity index (χ2v) is 8.62. The monoisotopic (exact) mass is 608 g/mol. The van der Waals surface area contributed by atoms with Crippen molar-refractivity contribution >= 4 is 0 Å². The van der Waals surface area contributed by atoms with Gasteiger partial charge in [-0.25, -0.2) is 0 Å². The topological polar surface area (TPSA) is 9.23 Å². The summed E-state index contributed by atoms with van der Waals surface area (Å²) in [4.78, 5) is 0. The van der Waals surface area contributed by atoms with Gasteiger partial charge in [0.25, 0.3) is 0 Å². The Morgan fingerprint density at radius 2 is 1.36 bits per heavy atom. The molecule has 28 heavy (non-hydrogen) atoms. The molecule has 0 unspecified atom stereocenters. The molecule has 5 heteroatoms. The van der Waals surface area contributed by atoms with E-state index in [1.807, 2.05) is 0 Å². The first kappa shape index (κ1) is 25.7. The Morgan fingerprint density at radius 1 is 0.750 bits per heavy atom. The predicted octanol–water partition coefficient (Wildman–Crippen LogP) is -2.60. The normalized spacial score (nSPS) is 17.1. The second-order valence-electron chi connectivity index (χ2n) is 8.62. The van der Waals surface area contributed by atoms with E-state index in [2.05, 4.69) is 75.7 Å². The Hall–Kier alpha value is -0.380. The van der Waals surface area contributed by atoms with Crippen molar-refractivity contribution < 1.29 is 61.7 Å². The third-order valence-electron chi connectivity index (χ3n) is 5.88. The molecular weight excluding hydrogens is 574 g/mol. The third-order valence-corrected chi connectivity index (χ3v) is 5.88. The third kappa shape index (κ3) is 7.80. The molecule has 1 saturated heterocycles. The van der Waals surface area contributed by atoms with Crippen molar-refractivity contribution in [1.29, 1.82) is 0 Å². The molecule has 0 bridgehead atoms. The van der Waals surface area contributed by atoms with Gasteiger partial charge >= 0.3 is 0 Å². The van der Waals surface area contributed by atoms with Crippen molar-refractivity contribution in [3.8, 4) is 5.75 Å². The van der Waals surface area contributed by atoms with Crippen LogP contribution in [0.15, 0.2) is 54.6 Å². The molecule has 0 amide bonds. The number of piperazine rings is 1. The van der Waals surface area contributed by atoms with E-state index < -0.39 is 0 Å². The average Bonchev–Trinajstić information content (AvgIpc) is 2.65. The van der Waals surface area contributed by atoms with E-state index in [0.29, 0.717) is 0 Å². The van der Waals surface area contributed by atoms with Crippen molar-refractivity contribution in [2.24, 2.45) is 0 Å². The summed E-state index contributed by atoms with van der Waals surface area (Å²) in [6, 6.07) is 19.2. The number of quaternary nitrogens is 2. The molecule has 0 radical (unpaired) electrons. The fourth-order valence-corrected chi connectivity index (χ4v) is 3.62. The number of para-hydroxylation sites is 1. The number of ether oxygens (including phenoxy) is 1. The van der Waals surface area contributed by atoms with Gasteiger partial charge in [0.15, 0.2) is 0 Å². The Bertz CT molecular complexity index is 697. The number of nitrogens with zero attached hydrogens (tertiary/aromatic N) is 2. The Morgan fingerprint density at radius 3 is 2.04 bits per heavy atom. The standard InChI is InChI=1S/C23H34N2O.2HI/c1-24(2)15-17-25(3,18-16-24)19-20-26-23-12-8-7-11-22(23)14-13-21-9-5-4-6-10-21;;/h4-12H,13-20H2,1-3H3;2*1H/q+2;;/p-2. The second kappa shape index (κ2) is 11.7. The van der Waals surface area contributed by atoms with Gasteiger partial charge in [-0.3, -0.25) is 0 Å². The van der Waals surface area contributed by atoms with E-state index in [4.69, 9.17) is 4.74 Å². The molecule has 0 aromatic heterocycles. The lowest BCUT2D eigenvalue weighted by molar-refractivity contribution is -1.01. The molecule has 1 aliphatic heterocycles. The summed E-state index contributed by atoms with van der Waals surface area (Å²) in [5.41, 5.74) is 2.70. The van der Waals surface area contributed by atoms with Crippen LogP contribution in [0, 0.1) is 0 Å². The minimum Gasteiger partial charge on any atom is -1.00 e. The summed E-state index contributed by atoms with van der Waals surface area (Å²) < 4.78 is 8.51. The summed E-state index contributed by atoms with van der Waals surface area (Å²) in [6.07, 6.45) is 2.08. The number of hydrogen-bond donors (Lipinski definition) is 0. The summed E-state index contributed by atoms with van der Waals surface area (Å²) in [5, 5.41) is 0. The molecule has 1 fully saturated rings. The number of benzene rings is 2. The Kier molecular flexibility index (Phi) is 10.7. The summed E-state index contributed by atoms with van der Waals surface area (Å²) in [7, 11) is 7.05. The van der Waals surface area contributed by atoms with Crippen LogP contribution in [0.2, 0.25) is 0 Å². The van der Waals surface area contributed by atoms with Crippen molar-refractivity contribution in [1.82, 2.24) is 0 Å². The van der Waals surface area contributed by atoms with Crippen LogP contribution in [0.1, 0.15) is 11.1 Å².